The summed E-state index contributed by atoms with van der Waals surface area (Å²) >= 11 is 0. The van der Waals surface area contributed by atoms with Crippen LogP contribution in [0, 0.1) is 6.92 Å². The Labute approximate surface area is 96.0 Å². The van der Waals surface area contributed by atoms with Gasteiger partial charge in [-0.05, 0) is 24.6 Å². The van der Waals surface area contributed by atoms with Crippen molar-refractivity contribution < 1.29 is 5.11 Å². The summed E-state index contributed by atoms with van der Waals surface area (Å²) in [5.74, 6) is 0. The van der Waals surface area contributed by atoms with Gasteiger partial charge in [-0.1, -0.05) is 32.0 Å². The molecule has 0 aliphatic carbocycles. The minimum Gasteiger partial charge on any atom is -0.395 e. The van der Waals surface area contributed by atoms with Gasteiger partial charge in [-0.2, -0.15) is 0 Å². The van der Waals surface area contributed by atoms with Gasteiger partial charge < -0.3 is 5.11 Å². The summed E-state index contributed by atoms with van der Waals surface area (Å²) in [4.78, 5) is 4.50. The molecular formula is C14H17NO. The molecule has 0 bridgehead atoms. The van der Waals surface area contributed by atoms with Crippen LogP contribution >= 0.6 is 0 Å². The average Bonchev–Trinajstić information content (AvgIpc) is 2.28. The second-order valence-corrected chi connectivity index (χ2v) is 4.87. The maximum atomic E-state index is 9.48. The fourth-order valence-corrected chi connectivity index (χ4v) is 1.95. The summed E-state index contributed by atoms with van der Waals surface area (Å²) in [6, 6.07) is 10.1. The summed E-state index contributed by atoms with van der Waals surface area (Å²) in [6.45, 7) is 6.23. The van der Waals surface area contributed by atoms with E-state index in [9.17, 15) is 5.11 Å². The fraction of sp³-hybridized carbons (Fsp3) is 0.357. The van der Waals surface area contributed by atoms with Gasteiger partial charge in [-0.15, -0.1) is 0 Å². The topological polar surface area (TPSA) is 33.1 Å². The van der Waals surface area contributed by atoms with Crippen LogP contribution in [0.5, 0.6) is 0 Å². The van der Waals surface area contributed by atoms with Crippen molar-refractivity contribution in [3.8, 4) is 0 Å². The van der Waals surface area contributed by atoms with E-state index in [2.05, 4.69) is 17.1 Å². The Morgan fingerprint density at radius 3 is 2.62 bits per heavy atom. The highest BCUT2D eigenvalue weighted by atomic mass is 16.3. The van der Waals surface area contributed by atoms with E-state index in [4.69, 9.17) is 0 Å². The number of aliphatic hydroxyl groups excluding tert-OH is 1. The molecule has 2 nitrogen and oxygen atoms in total. The molecule has 0 atom stereocenters. The molecule has 0 saturated heterocycles. The van der Waals surface area contributed by atoms with Crippen molar-refractivity contribution in [2.75, 3.05) is 6.61 Å². The Balaban J connectivity index is 2.77. The van der Waals surface area contributed by atoms with Gasteiger partial charge in [-0.3, -0.25) is 4.98 Å². The van der Waals surface area contributed by atoms with Crippen LogP contribution in [0.2, 0.25) is 0 Å². The molecule has 1 N–H and O–H groups in total. The highest BCUT2D eigenvalue weighted by Crippen LogP contribution is 2.29. The van der Waals surface area contributed by atoms with Gasteiger partial charge in [0.05, 0.1) is 12.1 Å². The first-order chi connectivity index (χ1) is 7.54. The maximum Gasteiger partial charge on any atom is 0.0708 e. The number of para-hydroxylation sites is 1. The summed E-state index contributed by atoms with van der Waals surface area (Å²) < 4.78 is 0. The third-order valence-electron chi connectivity index (χ3n) is 2.97. The first-order valence-corrected chi connectivity index (χ1v) is 5.52. The molecule has 0 aliphatic heterocycles. The maximum absolute atomic E-state index is 9.48. The van der Waals surface area contributed by atoms with E-state index in [1.807, 2.05) is 39.0 Å². The monoisotopic (exact) mass is 215 g/mol. The number of pyridine rings is 1. The van der Waals surface area contributed by atoms with E-state index in [1.165, 1.54) is 0 Å². The van der Waals surface area contributed by atoms with Gasteiger partial charge in [0.25, 0.3) is 0 Å². The Morgan fingerprint density at radius 2 is 1.94 bits per heavy atom. The summed E-state index contributed by atoms with van der Waals surface area (Å²) in [5.41, 5.74) is 2.93. The van der Waals surface area contributed by atoms with Crippen LogP contribution in [0.3, 0.4) is 0 Å². The molecule has 2 heteroatoms. The quantitative estimate of drug-likeness (QED) is 0.835. The van der Waals surface area contributed by atoms with E-state index in [0.717, 1.165) is 22.2 Å². The molecule has 1 aromatic carbocycles. The lowest BCUT2D eigenvalue weighted by atomic mass is 9.83. The van der Waals surface area contributed by atoms with Crippen molar-refractivity contribution in [1.82, 2.24) is 4.98 Å². The molecule has 0 saturated carbocycles. The smallest absolute Gasteiger partial charge is 0.0708 e. The highest BCUT2D eigenvalue weighted by Gasteiger charge is 2.22. The van der Waals surface area contributed by atoms with Crippen LogP contribution in [0.4, 0.5) is 0 Å². The van der Waals surface area contributed by atoms with Crippen molar-refractivity contribution in [3.05, 3.63) is 41.6 Å². The molecule has 0 unspecified atom stereocenters. The minimum atomic E-state index is -0.229. The molecule has 0 radical (unpaired) electrons. The second kappa shape index (κ2) is 3.87. The third kappa shape index (κ3) is 1.81. The van der Waals surface area contributed by atoms with Crippen LogP contribution in [0.1, 0.15) is 25.1 Å². The van der Waals surface area contributed by atoms with Crippen LogP contribution in [-0.4, -0.2) is 16.7 Å². The van der Waals surface area contributed by atoms with Crippen LogP contribution < -0.4 is 0 Å². The number of aryl methyl sites for hydroxylation is 1. The number of aliphatic hydroxyl groups is 1. The summed E-state index contributed by atoms with van der Waals surface area (Å²) in [7, 11) is 0. The lowest BCUT2D eigenvalue weighted by Gasteiger charge is -2.24. The van der Waals surface area contributed by atoms with E-state index in [0.29, 0.717) is 0 Å². The molecule has 2 aromatic rings. The number of hydrogen-bond donors (Lipinski definition) is 1. The average molecular weight is 215 g/mol. The molecule has 0 fully saturated rings. The normalized spacial score (nSPS) is 12.0. The molecule has 1 heterocycles. The van der Waals surface area contributed by atoms with E-state index >= 15 is 0 Å². The van der Waals surface area contributed by atoms with Gasteiger partial charge in [0.15, 0.2) is 0 Å². The van der Waals surface area contributed by atoms with Crippen molar-refractivity contribution in [1.29, 1.82) is 0 Å². The summed E-state index contributed by atoms with van der Waals surface area (Å²) in [5, 5.41) is 10.6. The Kier molecular flexibility index (Phi) is 2.68. The van der Waals surface area contributed by atoms with Crippen LogP contribution in [0.15, 0.2) is 30.3 Å². The molecule has 16 heavy (non-hydrogen) atoms. The second-order valence-electron chi connectivity index (χ2n) is 4.87. The van der Waals surface area contributed by atoms with Crippen molar-refractivity contribution in [3.63, 3.8) is 0 Å². The molecule has 0 aliphatic rings. The largest absolute Gasteiger partial charge is 0.395 e. The Bertz CT molecular complexity index is 517. The zero-order valence-corrected chi connectivity index (χ0v) is 9.99. The predicted octanol–water partition coefficient (Wildman–Crippen LogP) is 2.81. The molecule has 0 spiro atoms. The number of fused-ring (bicyclic) bond motifs is 1. The van der Waals surface area contributed by atoms with Gasteiger partial charge in [0.1, 0.15) is 0 Å². The van der Waals surface area contributed by atoms with E-state index < -0.39 is 0 Å². The number of rotatable bonds is 2. The van der Waals surface area contributed by atoms with Gasteiger partial charge in [0, 0.05) is 16.5 Å². The summed E-state index contributed by atoms with van der Waals surface area (Å²) in [6.07, 6.45) is 0. The van der Waals surface area contributed by atoms with Crippen molar-refractivity contribution >= 4 is 10.9 Å². The Morgan fingerprint density at radius 1 is 1.25 bits per heavy atom. The third-order valence-corrected chi connectivity index (χ3v) is 2.97. The molecular weight excluding hydrogens is 198 g/mol. The fourth-order valence-electron chi connectivity index (χ4n) is 1.95. The van der Waals surface area contributed by atoms with E-state index in [-0.39, 0.29) is 12.0 Å². The van der Waals surface area contributed by atoms with Gasteiger partial charge >= 0.3 is 0 Å². The molecule has 84 valence electrons. The van der Waals surface area contributed by atoms with Crippen molar-refractivity contribution in [2.24, 2.45) is 0 Å². The molecule has 2 rings (SSSR count). The standard InChI is InChI=1S/C14H17NO/c1-10-8-12(14(2,3)9-16)11-6-4-5-7-13(11)15-10/h4-8,16H,9H2,1-3H3. The number of nitrogens with zero attached hydrogens (tertiary/aromatic N) is 1. The zero-order valence-electron chi connectivity index (χ0n) is 9.99. The number of aromatic nitrogens is 1. The first-order valence-electron chi connectivity index (χ1n) is 5.52. The molecule has 1 aromatic heterocycles. The number of hydrogen-bond acceptors (Lipinski definition) is 2. The Hall–Kier alpha value is -1.41. The van der Waals surface area contributed by atoms with E-state index in [1.54, 1.807) is 0 Å². The first kappa shape index (κ1) is 11.1. The van der Waals surface area contributed by atoms with Crippen molar-refractivity contribution in [2.45, 2.75) is 26.2 Å². The number of benzene rings is 1. The highest BCUT2D eigenvalue weighted by molar-refractivity contribution is 5.83. The van der Waals surface area contributed by atoms with Gasteiger partial charge in [0.2, 0.25) is 0 Å². The van der Waals surface area contributed by atoms with Gasteiger partial charge in [-0.25, -0.2) is 0 Å². The SMILES string of the molecule is Cc1cc(C(C)(C)CO)c2ccccc2n1. The predicted molar refractivity (Wildman–Crippen MR) is 66.6 cm³/mol. The lowest BCUT2D eigenvalue weighted by molar-refractivity contribution is 0.219. The lowest BCUT2D eigenvalue weighted by Crippen LogP contribution is -2.22. The zero-order chi connectivity index (χ0) is 11.8. The minimum absolute atomic E-state index is 0.139. The molecule has 0 amide bonds. The van der Waals surface area contributed by atoms with Crippen LogP contribution in [0.25, 0.3) is 10.9 Å². The van der Waals surface area contributed by atoms with Crippen LogP contribution in [-0.2, 0) is 5.41 Å².